The van der Waals surface area contributed by atoms with Crippen LogP contribution < -0.4 is 4.74 Å². The number of unbranched alkanes of at least 4 members (excludes halogenated alkanes) is 1. The topological polar surface area (TPSA) is 9.23 Å². The first kappa shape index (κ1) is 19.1. The summed E-state index contributed by atoms with van der Waals surface area (Å²) in [7, 11) is 0. The van der Waals surface area contributed by atoms with Crippen LogP contribution in [0.2, 0.25) is 0 Å². The summed E-state index contributed by atoms with van der Waals surface area (Å²) in [4.78, 5) is 0. The number of hydrogen-bond donors (Lipinski definition) is 0. The first-order valence-corrected chi connectivity index (χ1v) is 8.91. The molecule has 0 unspecified atom stereocenters. The van der Waals surface area contributed by atoms with Crippen LogP contribution in [0, 0.1) is 17.7 Å². The van der Waals surface area contributed by atoms with Crippen molar-refractivity contribution in [1.29, 1.82) is 0 Å². The maximum absolute atomic E-state index is 13.7. The molecule has 0 atom stereocenters. The summed E-state index contributed by atoms with van der Waals surface area (Å²) in [6.45, 7) is 2.22. The van der Waals surface area contributed by atoms with E-state index in [1.54, 1.807) is 0 Å². The number of ether oxygens (including phenoxy) is 1. The van der Waals surface area contributed by atoms with Gasteiger partial charge >= 0.3 is 6.36 Å². The SMILES string of the molecule is CCCCC1CCC(CCc2ccc(OC(F)(F)F)c(F)c2)CC1. The summed E-state index contributed by atoms with van der Waals surface area (Å²) in [6, 6.07) is 3.75. The Morgan fingerprint density at radius 2 is 1.67 bits per heavy atom. The Bertz CT molecular complexity index is 505. The Balaban J connectivity index is 1.78. The van der Waals surface area contributed by atoms with Gasteiger partial charge in [0, 0.05) is 0 Å². The molecule has 1 aliphatic rings. The molecule has 1 aromatic rings. The van der Waals surface area contributed by atoms with Gasteiger partial charge in [0.15, 0.2) is 11.6 Å². The Morgan fingerprint density at radius 3 is 2.21 bits per heavy atom. The lowest BCUT2D eigenvalue weighted by molar-refractivity contribution is -0.275. The van der Waals surface area contributed by atoms with Crippen molar-refractivity contribution >= 4 is 0 Å². The molecule has 0 amide bonds. The number of hydrogen-bond acceptors (Lipinski definition) is 1. The van der Waals surface area contributed by atoms with Crippen LogP contribution >= 0.6 is 0 Å². The molecule has 5 heteroatoms. The predicted octanol–water partition coefficient (Wildman–Crippen LogP) is 6.65. The smallest absolute Gasteiger partial charge is 0.403 e. The van der Waals surface area contributed by atoms with E-state index in [9.17, 15) is 17.6 Å². The van der Waals surface area contributed by atoms with Crippen LogP contribution in [-0.2, 0) is 6.42 Å². The molecule has 1 fully saturated rings. The molecule has 0 radical (unpaired) electrons. The van der Waals surface area contributed by atoms with Gasteiger partial charge in [-0.05, 0) is 42.4 Å². The maximum atomic E-state index is 13.7. The largest absolute Gasteiger partial charge is 0.573 e. The van der Waals surface area contributed by atoms with E-state index in [0.29, 0.717) is 12.3 Å². The first-order chi connectivity index (χ1) is 11.4. The monoisotopic (exact) mass is 346 g/mol. The highest BCUT2D eigenvalue weighted by atomic mass is 19.4. The summed E-state index contributed by atoms with van der Waals surface area (Å²) in [6.07, 6.45) is 5.67. The predicted molar refractivity (Wildman–Crippen MR) is 86.4 cm³/mol. The van der Waals surface area contributed by atoms with Crippen molar-refractivity contribution in [2.75, 3.05) is 0 Å². The molecular formula is C19H26F4O. The minimum atomic E-state index is -4.86. The summed E-state index contributed by atoms with van der Waals surface area (Å²) in [5, 5.41) is 0. The Kier molecular flexibility index (Phi) is 6.93. The van der Waals surface area contributed by atoms with Crippen LogP contribution in [0.3, 0.4) is 0 Å². The van der Waals surface area contributed by atoms with E-state index < -0.39 is 17.9 Å². The normalized spacial score (nSPS) is 21.7. The van der Waals surface area contributed by atoms with Crippen LogP contribution in [0.5, 0.6) is 5.75 Å². The number of halogens is 4. The lowest BCUT2D eigenvalue weighted by Gasteiger charge is -2.28. The van der Waals surface area contributed by atoms with Gasteiger partial charge in [0.1, 0.15) is 0 Å². The van der Waals surface area contributed by atoms with Gasteiger partial charge in [-0.25, -0.2) is 4.39 Å². The van der Waals surface area contributed by atoms with Crippen molar-refractivity contribution in [3.8, 4) is 5.75 Å². The minimum absolute atomic E-state index is 0.650. The van der Waals surface area contributed by atoms with Crippen molar-refractivity contribution in [2.24, 2.45) is 11.8 Å². The molecule has 2 rings (SSSR count). The van der Waals surface area contributed by atoms with Crippen molar-refractivity contribution in [2.45, 2.75) is 71.1 Å². The molecule has 136 valence electrons. The highest BCUT2D eigenvalue weighted by molar-refractivity contribution is 5.29. The van der Waals surface area contributed by atoms with Crippen molar-refractivity contribution < 1.29 is 22.3 Å². The molecule has 0 spiro atoms. The maximum Gasteiger partial charge on any atom is 0.573 e. The van der Waals surface area contributed by atoms with Gasteiger partial charge in [0.2, 0.25) is 0 Å². The standard InChI is InChI=1S/C19H26F4O/c1-2-3-4-14-5-7-15(8-6-14)9-10-16-11-12-18(17(20)13-16)24-19(21,22)23/h11-15H,2-10H2,1H3. The average molecular weight is 346 g/mol. The van der Waals surface area contributed by atoms with Gasteiger partial charge in [-0.1, -0.05) is 57.9 Å². The second-order valence-corrected chi connectivity index (χ2v) is 6.88. The van der Waals surface area contributed by atoms with E-state index in [0.717, 1.165) is 30.0 Å². The van der Waals surface area contributed by atoms with Crippen LogP contribution in [0.15, 0.2) is 18.2 Å². The third-order valence-electron chi connectivity index (χ3n) is 5.00. The van der Waals surface area contributed by atoms with Gasteiger partial charge in [-0.2, -0.15) is 0 Å². The third-order valence-corrected chi connectivity index (χ3v) is 5.00. The van der Waals surface area contributed by atoms with Crippen LogP contribution in [0.4, 0.5) is 17.6 Å². The highest BCUT2D eigenvalue weighted by Crippen LogP contribution is 2.34. The van der Waals surface area contributed by atoms with Gasteiger partial charge in [-0.15, -0.1) is 13.2 Å². The summed E-state index contributed by atoms with van der Waals surface area (Å²) >= 11 is 0. The zero-order valence-electron chi connectivity index (χ0n) is 14.2. The average Bonchev–Trinajstić information content (AvgIpc) is 2.53. The molecule has 0 N–H and O–H groups in total. The Labute approximate surface area is 141 Å². The molecule has 1 nitrogen and oxygen atoms in total. The zero-order valence-corrected chi connectivity index (χ0v) is 14.2. The van der Waals surface area contributed by atoms with E-state index in [1.807, 2.05) is 0 Å². The van der Waals surface area contributed by atoms with E-state index in [4.69, 9.17) is 0 Å². The molecule has 1 saturated carbocycles. The van der Waals surface area contributed by atoms with Gasteiger partial charge in [0.05, 0.1) is 0 Å². The highest BCUT2D eigenvalue weighted by Gasteiger charge is 2.32. The van der Waals surface area contributed by atoms with Crippen LogP contribution in [-0.4, -0.2) is 6.36 Å². The molecule has 0 aliphatic heterocycles. The summed E-state index contributed by atoms with van der Waals surface area (Å²) in [5.74, 6) is -0.203. The third kappa shape index (κ3) is 6.33. The van der Waals surface area contributed by atoms with Gasteiger partial charge < -0.3 is 4.74 Å². The van der Waals surface area contributed by atoms with Gasteiger partial charge in [0.25, 0.3) is 0 Å². The van der Waals surface area contributed by atoms with E-state index in [2.05, 4.69) is 11.7 Å². The lowest BCUT2D eigenvalue weighted by atomic mass is 9.78. The molecular weight excluding hydrogens is 320 g/mol. The number of benzene rings is 1. The molecule has 0 saturated heterocycles. The summed E-state index contributed by atoms with van der Waals surface area (Å²) in [5.41, 5.74) is 0.732. The lowest BCUT2D eigenvalue weighted by Crippen LogP contribution is -2.18. The first-order valence-electron chi connectivity index (χ1n) is 8.91. The molecule has 0 bridgehead atoms. The molecule has 0 aromatic heterocycles. The Morgan fingerprint density at radius 1 is 1.04 bits per heavy atom. The second kappa shape index (κ2) is 8.72. The van der Waals surface area contributed by atoms with E-state index >= 15 is 0 Å². The number of aryl methyl sites for hydroxylation is 1. The van der Waals surface area contributed by atoms with Gasteiger partial charge in [-0.3, -0.25) is 0 Å². The molecule has 0 heterocycles. The minimum Gasteiger partial charge on any atom is -0.403 e. The van der Waals surface area contributed by atoms with Crippen LogP contribution in [0.25, 0.3) is 0 Å². The Hall–Kier alpha value is -1.26. The zero-order chi connectivity index (χ0) is 17.6. The van der Waals surface area contributed by atoms with Crippen LogP contribution in [0.1, 0.15) is 63.9 Å². The molecule has 24 heavy (non-hydrogen) atoms. The van der Waals surface area contributed by atoms with E-state index in [-0.39, 0.29) is 0 Å². The van der Waals surface area contributed by atoms with Crippen molar-refractivity contribution in [3.05, 3.63) is 29.6 Å². The molecule has 1 aromatic carbocycles. The fourth-order valence-corrected chi connectivity index (χ4v) is 3.58. The number of alkyl halides is 3. The molecule has 1 aliphatic carbocycles. The van der Waals surface area contributed by atoms with Crippen molar-refractivity contribution in [1.82, 2.24) is 0 Å². The second-order valence-electron chi connectivity index (χ2n) is 6.88. The summed E-state index contributed by atoms with van der Waals surface area (Å²) < 4.78 is 53.7. The van der Waals surface area contributed by atoms with Crippen molar-refractivity contribution in [3.63, 3.8) is 0 Å². The fourth-order valence-electron chi connectivity index (χ4n) is 3.58. The fraction of sp³-hybridized carbons (Fsp3) is 0.684. The quantitative estimate of drug-likeness (QED) is 0.502. The number of rotatable bonds is 7. The van der Waals surface area contributed by atoms with E-state index in [1.165, 1.54) is 51.0 Å².